The van der Waals surface area contributed by atoms with E-state index in [4.69, 9.17) is 15.3 Å². The normalized spacial score (nSPS) is 9.84. The van der Waals surface area contributed by atoms with Gasteiger partial charge in [0.25, 0.3) is 0 Å². The molecule has 1 aromatic rings. The SMILES string of the molecule is COc1cc(C(C)=O)ccc1OCCC(=O)ONN. The molecule has 7 nitrogen and oxygen atoms in total. The highest BCUT2D eigenvalue weighted by Gasteiger charge is 2.09. The topological polar surface area (TPSA) is 99.9 Å². The van der Waals surface area contributed by atoms with Gasteiger partial charge < -0.3 is 14.3 Å². The van der Waals surface area contributed by atoms with Crippen molar-refractivity contribution in [1.82, 2.24) is 5.59 Å². The van der Waals surface area contributed by atoms with Crippen LogP contribution in [0.4, 0.5) is 0 Å². The van der Waals surface area contributed by atoms with Crippen LogP contribution in [0.25, 0.3) is 0 Å². The lowest BCUT2D eigenvalue weighted by atomic mass is 10.1. The van der Waals surface area contributed by atoms with Gasteiger partial charge in [-0.05, 0) is 25.1 Å². The summed E-state index contributed by atoms with van der Waals surface area (Å²) in [4.78, 5) is 26.6. The number of methoxy groups -OCH3 is 1. The molecule has 0 unspecified atom stereocenters. The predicted molar refractivity (Wildman–Crippen MR) is 66.5 cm³/mol. The van der Waals surface area contributed by atoms with E-state index in [1.54, 1.807) is 23.8 Å². The largest absolute Gasteiger partial charge is 0.493 e. The Bertz CT molecular complexity index is 461. The zero-order valence-electron chi connectivity index (χ0n) is 10.8. The number of hydrazine groups is 1. The Morgan fingerprint density at radius 1 is 1.32 bits per heavy atom. The van der Waals surface area contributed by atoms with Crippen molar-refractivity contribution in [1.29, 1.82) is 0 Å². The lowest BCUT2D eigenvalue weighted by molar-refractivity contribution is -0.151. The summed E-state index contributed by atoms with van der Waals surface area (Å²) in [7, 11) is 1.47. The third-order valence-corrected chi connectivity index (χ3v) is 2.31. The molecule has 0 fully saturated rings. The summed E-state index contributed by atoms with van der Waals surface area (Å²) < 4.78 is 10.5. The number of nitrogens with one attached hydrogen (secondary N) is 1. The minimum Gasteiger partial charge on any atom is -0.493 e. The maximum atomic E-state index is 11.2. The Labute approximate surface area is 110 Å². The van der Waals surface area contributed by atoms with Crippen molar-refractivity contribution < 1.29 is 23.9 Å². The molecule has 0 aliphatic heterocycles. The van der Waals surface area contributed by atoms with Gasteiger partial charge in [0.2, 0.25) is 0 Å². The fourth-order valence-corrected chi connectivity index (χ4v) is 1.37. The molecule has 0 bridgehead atoms. The highest BCUT2D eigenvalue weighted by molar-refractivity contribution is 5.94. The Hall–Kier alpha value is -2.12. The Morgan fingerprint density at radius 2 is 2.05 bits per heavy atom. The van der Waals surface area contributed by atoms with Crippen LogP contribution in [-0.2, 0) is 9.63 Å². The van der Waals surface area contributed by atoms with Crippen LogP contribution in [0, 0.1) is 0 Å². The van der Waals surface area contributed by atoms with E-state index >= 15 is 0 Å². The van der Waals surface area contributed by atoms with Crippen molar-refractivity contribution in [2.75, 3.05) is 13.7 Å². The molecule has 19 heavy (non-hydrogen) atoms. The molecule has 0 spiro atoms. The molecule has 0 saturated heterocycles. The number of ketones is 1. The van der Waals surface area contributed by atoms with Gasteiger partial charge in [-0.3, -0.25) is 9.59 Å². The Kier molecular flexibility index (Phi) is 5.77. The number of benzene rings is 1. The molecular weight excluding hydrogens is 252 g/mol. The van der Waals surface area contributed by atoms with Gasteiger partial charge in [-0.1, -0.05) is 5.59 Å². The van der Waals surface area contributed by atoms with Crippen LogP contribution in [0.3, 0.4) is 0 Å². The van der Waals surface area contributed by atoms with Crippen molar-refractivity contribution in [2.24, 2.45) is 5.84 Å². The van der Waals surface area contributed by atoms with Crippen LogP contribution in [0.15, 0.2) is 18.2 Å². The van der Waals surface area contributed by atoms with Gasteiger partial charge in [0.1, 0.15) is 0 Å². The molecule has 0 heterocycles. The number of rotatable bonds is 7. The number of ether oxygens (including phenoxy) is 2. The molecule has 1 rings (SSSR count). The molecular formula is C12H16N2O5. The molecule has 0 atom stereocenters. The molecule has 0 saturated carbocycles. The van der Waals surface area contributed by atoms with Crippen molar-refractivity contribution >= 4 is 11.8 Å². The van der Waals surface area contributed by atoms with Gasteiger partial charge in [0.05, 0.1) is 20.1 Å². The van der Waals surface area contributed by atoms with E-state index < -0.39 is 5.97 Å². The zero-order valence-corrected chi connectivity index (χ0v) is 10.8. The van der Waals surface area contributed by atoms with Crippen LogP contribution in [0.5, 0.6) is 11.5 Å². The first-order chi connectivity index (χ1) is 9.08. The Balaban J connectivity index is 2.63. The molecule has 3 N–H and O–H groups in total. The summed E-state index contributed by atoms with van der Waals surface area (Å²) in [5.41, 5.74) is 2.32. The molecule has 104 valence electrons. The Morgan fingerprint density at radius 3 is 2.63 bits per heavy atom. The third-order valence-electron chi connectivity index (χ3n) is 2.31. The number of hydrogen-bond donors (Lipinski definition) is 2. The zero-order chi connectivity index (χ0) is 14.3. The van der Waals surface area contributed by atoms with Crippen LogP contribution in [-0.4, -0.2) is 25.5 Å². The molecule has 1 aromatic carbocycles. The summed E-state index contributed by atoms with van der Waals surface area (Å²) >= 11 is 0. The molecule has 0 aromatic heterocycles. The monoisotopic (exact) mass is 268 g/mol. The predicted octanol–water partition coefficient (Wildman–Crippen LogP) is 0.588. The van der Waals surface area contributed by atoms with Crippen LogP contribution in [0.1, 0.15) is 23.7 Å². The van der Waals surface area contributed by atoms with E-state index in [1.165, 1.54) is 14.0 Å². The first-order valence-electron chi connectivity index (χ1n) is 5.55. The number of carbonyl (C=O) groups is 2. The van der Waals surface area contributed by atoms with Crippen LogP contribution < -0.4 is 20.9 Å². The second kappa shape index (κ2) is 7.34. The van der Waals surface area contributed by atoms with Gasteiger partial charge >= 0.3 is 5.97 Å². The summed E-state index contributed by atoms with van der Waals surface area (Å²) in [5, 5.41) is 0. The van der Waals surface area contributed by atoms with Gasteiger partial charge in [0.15, 0.2) is 17.3 Å². The lowest BCUT2D eigenvalue weighted by Crippen LogP contribution is -2.26. The van der Waals surface area contributed by atoms with Gasteiger partial charge in [0, 0.05) is 5.56 Å². The van der Waals surface area contributed by atoms with E-state index in [9.17, 15) is 9.59 Å². The maximum Gasteiger partial charge on any atom is 0.329 e. The summed E-state index contributed by atoms with van der Waals surface area (Å²) in [6.07, 6.45) is 0.0296. The average Bonchev–Trinajstić information content (AvgIpc) is 2.39. The highest BCUT2D eigenvalue weighted by atomic mass is 16.7. The number of nitrogens with two attached hydrogens (primary N) is 1. The second-order valence-electron chi connectivity index (χ2n) is 3.61. The third kappa shape index (κ3) is 4.57. The van der Waals surface area contributed by atoms with Crippen molar-refractivity contribution in [3.63, 3.8) is 0 Å². The van der Waals surface area contributed by atoms with E-state index in [2.05, 4.69) is 4.84 Å². The first-order valence-corrected chi connectivity index (χ1v) is 5.55. The molecule has 0 radical (unpaired) electrons. The van der Waals surface area contributed by atoms with Gasteiger partial charge in [-0.2, -0.15) is 0 Å². The maximum absolute atomic E-state index is 11.2. The van der Waals surface area contributed by atoms with Crippen molar-refractivity contribution in [3.05, 3.63) is 23.8 Å². The lowest BCUT2D eigenvalue weighted by Gasteiger charge is -2.11. The highest BCUT2D eigenvalue weighted by Crippen LogP contribution is 2.28. The molecule has 0 aliphatic carbocycles. The molecule has 0 amide bonds. The van der Waals surface area contributed by atoms with Crippen LogP contribution >= 0.6 is 0 Å². The number of hydrogen-bond acceptors (Lipinski definition) is 7. The smallest absolute Gasteiger partial charge is 0.329 e. The first kappa shape index (κ1) is 14.9. The van der Waals surface area contributed by atoms with E-state index in [0.29, 0.717) is 17.1 Å². The van der Waals surface area contributed by atoms with Gasteiger partial charge in [-0.15, -0.1) is 0 Å². The summed E-state index contributed by atoms with van der Waals surface area (Å²) in [6, 6.07) is 4.82. The standard InChI is InChI=1S/C12H16N2O5/c1-8(15)9-3-4-10(11(7-9)17-2)18-6-5-12(16)19-14-13/h3-4,7,14H,5-6,13H2,1-2H3. The fraction of sp³-hybridized carbons (Fsp3) is 0.333. The van der Waals surface area contributed by atoms with Gasteiger partial charge in [-0.25, -0.2) is 5.84 Å². The molecule has 7 heteroatoms. The van der Waals surface area contributed by atoms with Crippen LogP contribution in [0.2, 0.25) is 0 Å². The fourth-order valence-electron chi connectivity index (χ4n) is 1.37. The summed E-state index contributed by atoms with van der Waals surface area (Å²) in [5.74, 6) is 5.08. The minimum atomic E-state index is -0.540. The van der Waals surface area contributed by atoms with Crippen molar-refractivity contribution in [3.8, 4) is 11.5 Å². The minimum absolute atomic E-state index is 0.0296. The van der Waals surface area contributed by atoms with E-state index in [1.807, 2.05) is 0 Å². The van der Waals surface area contributed by atoms with E-state index in [0.717, 1.165) is 0 Å². The second-order valence-corrected chi connectivity index (χ2v) is 3.61. The quantitative estimate of drug-likeness (QED) is 0.424. The average molecular weight is 268 g/mol. The van der Waals surface area contributed by atoms with Crippen molar-refractivity contribution in [2.45, 2.75) is 13.3 Å². The molecule has 0 aliphatic rings. The number of carbonyl (C=O) groups excluding carboxylic acids is 2. The van der Waals surface area contributed by atoms with E-state index in [-0.39, 0.29) is 18.8 Å². The summed E-state index contributed by atoms with van der Waals surface area (Å²) in [6.45, 7) is 1.57. The number of Topliss-reactive ketones (excluding diaryl/α,β-unsaturated/α-hetero) is 1.